The largest absolute Gasteiger partial charge is 0.335 e. The lowest BCUT2D eigenvalue weighted by Crippen LogP contribution is -2.36. The third kappa shape index (κ3) is 2.87. The van der Waals surface area contributed by atoms with Crippen molar-refractivity contribution in [3.05, 3.63) is 57.0 Å². The van der Waals surface area contributed by atoms with Crippen molar-refractivity contribution in [1.29, 1.82) is 0 Å². The van der Waals surface area contributed by atoms with Gasteiger partial charge in [-0.25, -0.2) is 9.78 Å². The number of nitrogens with zero attached hydrogens (tertiary/aromatic N) is 6. The molecule has 0 radical (unpaired) electrons. The molecule has 0 spiro atoms. The van der Waals surface area contributed by atoms with Crippen molar-refractivity contribution in [3.63, 3.8) is 0 Å². The van der Waals surface area contributed by atoms with Crippen LogP contribution in [0.1, 0.15) is 5.82 Å². The van der Waals surface area contributed by atoms with E-state index in [1.54, 1.807) is 7.05 Å². The van der Waals surface area contributed by atoms with Crippen molar-refractivity contribution in [2.24, 2.45) is 21.1 Å². The number of hydrogen-bond donors (Lipinski definition) is 1. The Morgan fingerprint density at radius 1 is 1.00 bits per heavy atom. The summed E-state index contributed by atoms with van der Waals surface area (Å²) >= 11 is 1.45. The molecule has 3 aromatic heterocycles. The quantitative estimate of drug-likeness (QED) is 0.528. The first-order chi connectivity index (χ1) is 13.0. The molecular formula is C17H17N7O2S. The lowest BCUT2D eigenvalue weighted by molar-refractivity contribution is 0.708. The van der Waals surface area contributed by atoms with E-state index in [2.05, 4.69) is 20.2 Å². The summed E-state index contributed by atoms with van der Waals surface area (Å²) in [7, 11) is 4.95. The molecule has 0 atom stereocenters. The number of thioether (sulfide) groups is 1. The summed E-state index contributed by atoms with van der Waals surface area (Å²) in [4.78, 5) is 31.7. The first-order valence-corrected chi connectivity index (χ1v) is 9.18. The van der Waals surface area contributed by atoms with Crippen LogP contribution in [0.4, 0.5) is 0 Å². The number of fused-ring (bicyclic) bond motifs is 1. The van der Waals surface area contributed by atoms with Gasteiger partial charge in [-0.05, 0) is 0 Å². The molecule has 0 amide bonds. The highest BCUT2D eigenvalue weighted by Gasteiger charge is 2.15. The van der Waals surface area contributed by atoms with E-state index in [0.717, 1.165) is 21.1 Å². The van der Waals surface area contributed by atoms with Gasteiger partial charge in [0, 0.05) is 26.7 Å². The molecule has 0 aliphatic carbocycles. The number of aromatic amines is 1. The van der Waals surface area contributed by atoms with E-state index in [9.17, 15) is 9.59 Å². The molecule has 1 N–H and O–H groups in total. The predicted molar refractivity (Wildman–Crippen MR) is 103 cm³/mol. The Bertz CT molecular complexity index is 1250. The van der Waals surface area contributed by atoms with Gasteiger partial charge in [0.1, 0.15) is 11.3 Å². The van der Waals surface area contributed by atoms with Crippen LogP contribution in [0.25, 0.3) is 22.6 Å². The molecule has 0 aliphatic heterocycles. The molecular weight excluding hydrogens is 366 g/mol. The highest BCUT2D eigenvalue weighted by Crippen LogP contribution is 2.24. The number of rotatable bonds is 4. The van der Waals surface area contributed by atoms with Gasteiger partial charge >= 0.3 is 5.69 Å². The third-order valence-corrected chi connectivity index (χ3v) is 5.38. The highest BCUT2D eigenvalue weighted by molar-refractivity contribution is 7.98. The first-order valence-electron chi connectivity index (χ1n) is 8.19. The molecule has 0 bridgehead atoms. The van der Waals surface area contributed by atoms with Crippen LogP contribution in [-0.4, -0.2) is 33.9 Å². The number of aryl methyl sites for hydroxylation is 1. The maximum atomic E-state index is 12.2. The normalized spacial score (nSPS) is 11.4. The fourth-order valence-corrected chi connectivity index (χ4v) is 3.64. The maximum absolute atomic E-state index is 12.2. The zero-order valence-corrected chi connectivity index (χ0v) is 15.8. The van der Waals surface area contributed by atoms with Crippen LogP contribution in [0.3, 0.4) is 0 Å². The van der Waals surface area contributed by atoms with E-state index < -0.39 is 5.69 Å². The molecule has 27 heavy (non-hydrogen) atoms. The number of hydrogen-bond acceptors (Lipinski definition) is 6. The Morgan fingerprint density at radius 2 is 1.74 bits per heavy atom. The van der Waals surface area contributed by atoms with Crippen LogP contribution in [0, 0.1) is 0 Å². The maximum Gasteiger partial charge on any atom is 0.332 e. The van der Waals surface area contributed by atoms with Crippen LogP contribution >= 0.6 is 11.8 Å². The van der Waals surface area contributed by atoms with Crippen molar-refractivity contribution >= 4 is 22.9 Å². The summed E-state index contributed by atoms with van der Waals surface area (Å²) < 4.78 is 4.33. The molecule has 138 valence electrons. The second kappa shape index (κ2) is 6.54. The number of imidazole rings is 1. The van der Waals surface area contributed by atoms with E-state index in [1.807, 2.05) is 41.9 Å². The molecule has 4 aromatic rings. The van der Waals surface area contributed by atoms with Gasteiger partial charge in [0.05, 0.1) is 5.75 Å². The van der Waals surface area contributed by atoms with Crippen LogP contribution in [0.5, 0.6) is 0 Å². The Balaban J connectivity index is 1.63. The van der Waals surface area contributed by atoms with Gasteiger partial charge in [-0.2, -0.15) is 0 Å². The molecule has 4 rings (SSSR count). The second-order valence-electron chi connectivity index (χ2n) is 6.11. The fourth-order valence-electron chi connectivity index (χ4n) is 2.85. The average Bonchev–Trinajstić information content (AvgIpc) is 3.27. The van der Waals surface area contributed by atoms with Crippen LogP contribution in [-0.2, 0) is 26.9 Å². The zero-order chi connectivity index (χ0) is 19.1. The molecule has 10 heteroatoms. The summed E-state index contributed by atoms with van der Waals surface area (Å²) in [6.07, 6.45) is 0. The molecule has 0 fully saturated rings. The second-order valence-corrected chi connectivity index (χ2v) is 7.05. The van der Waals surface area contributed by atoms with Gasteiger partial charge < -0.3 is 9.55 Å². The molecule has 0 unspecified atom stereocenters. The van der Waals surface area contributed by atoms with Crippen molar-refractivity contribution in [2.75, 3.05) is 0 Å². The van der Waals surface area contributed by atoms with E-state index in [-0.39, 0.29) is 5.56 Å². The smallest absolute Gasteiger partial charge is 0.332 e. The van der Waals surface area contributed by atoms with E-state index in [0.29, 0.717) is 22.7 Å². The van der Waals surface area contributed by atoms with E-state index in [1.165, 1.54) is 23.4 Å². The highest BCUT2D eigenvalue weighted by atomic mass is 32.2. The molecule has 9 nitrogen and oxygen atoms in total. The lowest BCUT2D eigenvalue weighted by Gasteiger charge is -2.02. The first kappa shape index (κ1) is 17.3. The van der Waals surface area contributed by atoms with Crippen LogP contribution in [0.2, 0.25) is 0 Å². The van der Waals surface area contributed by atoms with E-state index >= 15 is 0 Å². The summed E-state index contributed by atoms with van der Waals surface area (Å²) in [5.41, 5.74) is 0.863. The third-order valence-electron chi connectivity index (χ3n) is 4.35. The lowest BCUT2D eigenvalue weighted by atomic mass is 10.2. The Kier molecular flexibility index (Phi) is 4.19. The van der Waals surface area contributed by atoms with Gasteiger partial charge in [0.2, 0.25) is 0 Å². The average molecular weight is 383 g/mol. The molecule has 0 saturated heterocycles. The minimum absolute atomic E-state index is 0.318. The van der Waals surface area contributed by atoms with Gasteiger partial charge in [0.15, 0.2) is 16.6 Å². The zero-order valence-electron chi connectivity index (χ0n) is 15.0. The summed E-state index contributed by atoms with van der Waals surface area (Å²) in [5.74, 6) is 1.84. The van der Waals surface area contributed by atoms with Gasteiger partial charge in [-0.3, -0.25) is 13.9 Å². The number of benzene rings is 1. The van der Waals surface area contributed by atoms with Crippen molar-refractivity contribution in [3.8, 4) is 11.4 Å². The monoisotopic (exact) mass is 383 g/mol. The summed E-state index contributed by atoms with van der Waals surface area (Å²) in [5, 5.41) is 9.23. The molecule has 1 aromatic carbocycles. The van der Waals surface area contributed by atoms with Crippen molar-refractivity contribution in [2.45, 2.75) is 10.9 Å². The SMILES string of the molecule is Cn1c(SCc2nc3c([nH]2)c(=O)n(C)c(=O)n3C)nnc1-c1ccccc1. The predicted octanol–water partition coefficient (Wildman–Crippen LogP) is 1.05. The number of nitrogens with one attached hydrogen (secondary N) is 1. The fraction of sp³-hybridized carbons (Fsp3) is 0.235. The Hall–Kier alpha value is -3.14. The van der Waals surface area contributed by atoms with Crippen LogP contribution in [0.15, 0.2) is 45.1 Å². The van der Waals surface area contributed by atoms with E-state index in [4.69, 9.17) is 0 Å². The molecule has 0 saturated carbocycles. The number of H-pyrrole nitrogens is 1. The Morgan fingerprint density at radius 3 is 2.48 bits per heavy atom. The molecule has 3 heterocycles. The Labute approximate surface area is 157 Å². The van der Waals surface area contributed by atoms with Crippen molar-refractivity contribution < 1.29 is 0 Å². The summed E-state index contributed by atoms with van der Waals surface area (Å²) in [6.45, 7) is 0. The van der Waals surface area contributed by atoms with Gasteiger partial charge in [-0.1, -0.05) is 42.1 Å². The number of aromatic nitrogens is 7. The van der Waals surface area contributed by atoms with Crippen LogP contribution < -0.4 is 11.2 Å². The topological polar surface area (TPSA) is 103 Å². The van der Waals surface area contributed by atoms with Gasteiger partial charge in [-0.15, -0.1) is 10.2 Å². The van der Waals surface area contributed by atoms with Gasteiger partial charge in [0.25, 0.3) is 5.56 Å². The van der Waals surface area contributed by atoms with Crippen molar-refractivity contribution in [1.82, 2.24) is 33.9 Å². The minimum Gasteiger partial charge on any atom is -0.335 e. The standard InChI is InChI=1S/C17H17N7O2S/c1-22-13(10-7-5-4-6-8-10)20-21-16(22)27-9-11-18-12-14(19-11)23(2)17(26)24(3)15(12)25/h4-8H,9H2,1-3H3,(H,18,19). The summed E-state index contributed by atoms with van der Waals surface area (Å²) in [6, 6.07) is 9.82. The minimum atomic E-state index is -0.404. The molecule has 0 aliphatic rings.